The molecule has 0 aliphatic heterocycles. The molecule has 0 radical (unpaired) electrons. The molecule has 0 heterocycles. The van der Waals surface area contributed by atoms with E-state index in [1.807, 2.05) is 0 Å². The summed E-state index contributed by atoms with van der Waals surface area (Å²) in [6, 6.07) is 7.25. The molecule has 3 aliphatic rings. The van der Waals surface area contributed by atoms with Gasteiger partial charge in [-0.2, -0.15) is 0 Å². The molecule has 0 atom stereocenters. The van der Waals surface area contributed by atoms with Crippen LogP contribution in [0, 0.1) is 5.92 Å². The minimum atomic E-state index is 0.107. The SMILES string of the molecule is CNCC1(CNC)C=C(C2CCCCC2)c2c(C3CCCCC3)cccc21. The second kappa shape index (κ2) is 8.49. The van der Waals surface area contributed by atoms with E-state index in [0.717, 1.165) is 24.9 Å². The lowest BCUT2D eigenvalue weighted by Gasteiger charge is -2.31. The zero-order valence-corrected chi connectivity index (χ0v) is 17.4. The van der Waals surface area contributed by atoms with Gasteiger partial charge in [0, 0.05) is 18.5 Å². The van der Waals surface area contributed by atoms with Crippen molar-refractivity contribution in [2.45, 2.75) is 75.5 Å². The first-order chi connectivity index (χ1) is 13.3. The topological polar surface area (TPSA) is 24.1 Å². The van der Waals surface area contributed by atoms with E-state index < -0.39 is 0 Å². The molecule has 0 unspecified atom stereocenters. The molecule has 0 spiro atoms. The quantitative estimate of drug-likeness (QED) is 0.705. The van der Waals surface area contributed by atoms with E-state index in [0.29, 0.717) is 0 Å². The van der Waals surface area contributed by atoms with Crippen molar-refractivity contribution >= 4 is 5.57 Å². The van der Waals surface area contributed by atoms with Crippen LogP contribution in [0.5, 0.6) is 0 Å². The summed E-state index contributed by atoms with van der Waals surface area (Å²) in [5.74, 6) is 1.55. The van der Waals surface area contributed by atoms with E-state index in [4.69, 9.17) is 0 Å². The number of benzene rings is 1. The van der Waals surface area contributed by atoms with Gasteiger partial charge >= 0.3 is 0 Å². The van der Waals surface area contributed by atoms with Crippen molar-refractivity contribution in [2.24, 2.45) is 5.92 Å². The molecule has 2 heteroatoms. The van der Waals surface area contributed by atoms with E-state index in [1.165, 1.54) is 64.2 Å². The average Bonchev–Trinajstić information content (AvgIpc) is 3.04. The highest BCUT2D eigenvalue weighted by Crippen LogP contribution is 2.50. The lowest BCUT2D eigenvalue weighted by molar-refractivity contribution is 0.426. The first-order valence-electron chi connectivity index (χ1n) is 11.4. The molecule has 0 bridgehead atoms. The van der Waals surface area contributed by atoms with Crippen molar-refractivity contribution in [1.82, 2.24) is 10.6 Å². The smallest absolute Gasteiger partial charge is 0.0393 e. The molecule has 27 heavy (non-hydrogen) atoms. The zero-order chi connectivity index (χ0) is 18.7. The van der Waals surface area contributed by atoms with Crippen LogP contribution in [0.1, 0.15) is 86.8 Å². The van der Waals surface area contributed by atoms with Crippen LogP contribution in [-0.4, -0.2) is 27.2 Å². The van der Waals surface area contributed by atoms with Crippen LogP contribution in [0.4, 0.5) is 0 Å². The average molecular weight is 367 g/mol. The Morgan fingerprint density at radius 1 is 0.815 bits per heavy atom. The second-order valence-corrected chi connectivity index (χ2v) is 9.26. The van der Waals surface area contributed by atoms with Gasteiger partial charge in [0.05, 0.1) is 0 Å². The van der Waals surface area contributed by atoms with Crippen LogP contribution < -0.4 is 10.6 Å². The summed E-state index contributed by atoms with van der Waals surface area (Å²) in [7, 11) is 4.21. The molecule has 2 nitrogen and oxygen atoms in total. The van der Waals surface area contributed by atoms with Gasteiger partial charge in [-0.1, -0.05) is 62.8 Å². The molecule has 1 aromatic rings. The summed E-state index contributed by atoms with van der Waals surface area (Å²) < 4.78 is 0. The third kappa shape index (κ3) is 3.63. The monoisotopic (exact) mass is 366 g/mol. The van der Waals surface area contributed by atoms with Crippen molar-refractivity contribution < 1.29 is 0 Å². The minimum Gasteiger partial charge on any atom is -0.318 e. The fourth-order valence-electron chi connectivity index (χ4n) is 6.23. The minimum absolute atomic E-state index is 0.107. The fourth-order valence-corrected chi connectivity index (χ4v) is 6.23. The summed E-state index contributed by atoms with van der Waals surface area (Å²) in [5, 5.41) is 7.03. The highest BCUT2D eigenvalue weighted by Gasteiger charge is 2.41. The normalized spacial score (nSPS) is 23.3. The van der Waals surface area contributed by atoms with Crippen LogP contribution in [0.25, 0.3) is 5.57 Å². The number of hydrogen-bond donors (Lipinski definition) is 2. The van der Waals surface area contributed by atoms with Crippen molar-refractivity contribution in [3.8, 4) is 0 Å². The van der Waals surface area contributed by atoms with Crippen LogP contribution in [0.15, 0.2) is 24.3 Å². The molecule has 2 saturated carbocycles. The van der Waals surface area contributed by atoms with Gasteiger partial charge < -0.3 is 10.6 Å². The summed E-state index contributed by atoms with van der Waals surface area (Å²) in [6.07, 6.45) is 16.7. The third-order valence-corrected chi connectivity index (χ3v) is 7.43. The maximum absolute atomic E-state index is 3.51. The number of allylic oxidation sites excluding steroid dienone is 1. The van der Waals surface area contributed by atoms with E-state index in [-0.39, 0.29) is 5.41 Å². The molecule has 148 valence electrons. The van der Waals surface area contributed by atoms with Gasteiger partial charge in [0.2, 0.25) is 0 Å². The summed E-state index contributed by atoms with van der Waals surface area (Å²) >= 11 is 0. The molecule has 0 amide bonds. The Bertz CT molecular complexity index is 657. The van der Waals surface area contributed by atoms with Gasteiger partial charge in [-0.25, -0.2) is 0 Å². The first kappa shape index (κ1) is 19.2. The lowest BCUT2D eigenvalue weighted by atomic mass is 9.75. The third-order valence-electron chi connectivity index (χ3n) is 7.43. The molecular formula is C25H38N2. The maximum Gasteiger partial charge on any atom is 0.0393 e. The molecule has 4 rings (SSSR count). The zero-order valence-electron chi connectivity index (χ0n) is 17.4. The largest absolute Gasteiger partial charge is 0.318 e. The molecule has 3 aliphatic carbocycles. The highest BCUT2D eigenvalue weighted by atomic mass is 14.9. The molecular weight excluding hydrogens is 328 g/mol. The number of fused-ring (bicyclic) bond motifs is 1. The molecule has 2 fully saturated rings. The van der Waals surface area contributed by atoms with Gasteiger partial charge in [0.25, 0.3) is 0 Å². The Balaban J connectivity index is 1.82. The van der Waals surface area contributed by atoms with Crippen molar-refractivity contribution in [3.63, 3.8) is 0 Å². The van der Waals surface area contributed by atoms with Gasteiger partial charge in [-0.3, -0.25) is 0 Å². The van der Waals surface area contributed by atoms with E-state index in [9.17, 15) is 0 Å². The van der Waals surface area contributed by atoms with Gasteiger partial charge in [-0.15, -0.1) is 0 Å². The van der Waals surface area contributed by atoms with E-state index >= 15 is 0 Å². The Kier molecular flexibility index (Phi) is 6.04. The Morgan fingerprint density at radius 3 is 2.00 bits per heavy atom. The molecule has 0 aromatic heterocycles. The second-order valence-electron chi connectivity index (χ2n) is 9.26. The first-order valence-corrected chi connectivity index (χ1v) is 11.4. The van der Waals surface area contributed by atoms with Gasteiger partial charge in [0.15, 0.2) is 0 Å². The van der Waals surface area contributed by atoms with Crippen molar-refractivity contribution in [2.75, 3.05) is 27.2 Å². The summed E-state index contributed by atoms with van der Waals surface area (Å²) in [5.41, 5.74) is 6.75. The fraction of sp³-hybridized carbons (Fsp3) is 0.680. The predicted octanol–water partition coefficient (Wildman–Crippen LogP) is 5.39. The summed E-state index contributed by atoms with van der Waals surface area (Å²) in [4.78, 5) is 0. The van der Waals surface area contributed by atoms with Crippen LogP contribution >= 0.6 is 0 Å². The lowest BCUT2D eigenvalue weighted by Crippen LogP contribution is -2.42. The number of hydrogen-bond acceptors (Lipinski definition) is 2. The molecule has 1 aromatic carbocycles. The predicted molar refractivity (Wildman–Crippen MR) is 116 cm³/mol. The van der Waals surface area contributed by atoms with Crippen LogP contribution in [-0.2, 0) is 5.41 Å². The number of nitrogens with one attached hydrogen (secondary N) is 2. The summed E-state index contributed by atoms with van der Waals surface area (Å²) in [6.45, 7) is 2.04. The van der Waals surface area contributed by atoms with Crippen molar-refractivity contribution in [1.29, 1.82) is 0 Å². The van der Waals surface area contributed by atoms with E-state index in [1.54, 1.807) is 22.3 Å². The number of rotatable bonds is 6. The Labute approximate surface area is 166 Å². The van der Waals surface area contributed by atoms with Crippen LogP contribution in [0.3, 0.4) is 0 Å². The highest BCUT2D eigenvalue weighted by molar-refractivity contribution is 5.81. The van der Waals surface area contributed by atoms with Gasteiger partial charge in [-0.05, 0) is 73.9 Å². The van der Waals surface area contributed by atoms with Crippen LogP contribution in [0.2, 0.25) is 0 Å². The Hall–Kier alpha value is -1.12. The van der Waals surface area contributed by atoms with E-state index in [2.05, 4.69) is 49.0 Å². The molecule has 0 saturated heterocycles. The van der Waals surface area contributed by atoms with Crippen molar-refractivity contribution in [3.05, 3.63) is 41.0 Å². The number of likely N-dealkylation sites (N-methyl/N-ethyl adjacent to an activating group) is 2. The Morgan fingerprint density at radius 2 is 1.41 bits per heavy atom. The van der Waals surface area contributed by atoms with Gasteiger partial charge in [0.1, 0.15) is 0 Å². The standard InChI is InChI=1S/C25H38N2/c1-26-17-25(18-27-2)16-22(20-12-7-4-8-13-20)24-21(14-9-15-23(24)25)19-10-5-3-6-11-19/h9,14-16,19-20,26-27H,3-8,10-13,17-18H2,1-2H3. The maximum atomic E-state index is 3.51. The molecule has 2 N–H and O–H groups in total.